The van der Waals surface area contributed by atoms with Gasteiger partial charge in [0.15, 0.2) is 17.5 Å². The molecule has 1 aliphatic carbocycles. The maximum absolute atomic E-state index is 15.8. The van der Waals surface area contributed by atoms with Gasteiger partial charge in [-0.3, -0.25) is 4.98 Å². The van der Waals surface area contributed by atoms with Crippen LogP contribution in [0.4, 0.5) is 29.1 Å². The summed E-state index contributed by atoms with van der Waals surface area (Å²) < 4.78 is 57.7. The molecule has 2 aromatic carbocycles. The number of terminal acetylenes is 1. The number of fused-ring (bicyclic) bond motifs is 3. The molecule has 4 heterocycles. The van der Waals surface area contributed by atoms with E-state index >= 15 is 4.39 Å². The van der Waals surface area contributed by atoms with Crippen LogP contribution in [0.5, 0.6) is 6.01 Å². The predicted octanol–water partition coefficient (Wildman–Crippen LogP) is 7.07. The van der Waals surface area contributed by atoms with E-state index in [1.54, 1.807) is 0 Å². The molecule has 0 amide bonds. The second-order valence-electron chi connectivity index (χ2n) is 11.4. The molecule has 1 unspecified atom stereocenters. The predicted molar refractivity (Wildman–Crippen MR) is 176 cm³/mol. The van der Waals surface area contributed by atoms with Crippen LogP contribution < -0.4 is 11.1 Å². The molecule has 1 saturated carbocycles. The van der Waals surface area contributed by atoms with Gasteiger partial charge in [0.2, 0.25) is 0 Å². The number of pyridine rings is 1. The Bertz CT molecular complexity index is 1840. The van der Waals surface area contributed by atoms with Crippen molar-refractivity contribution in [1.29, 1.82) is 0 Å². The van der Waals surface area contributed by atoms with E-state index in [2.05, 4.69) is 65.8 Å². The molecule has 3 fully saturated rings. The first kappa shape index (κ1) is 34.7. The number of halogens is 5. The third-order valence-corrected chi connectivity index (χ3v) is 9.62. The zero-order valence-electron chi connectivity index (χ0n) is 24.6. The average Bonchev–Trinajstić information content (AvgIpc) is 3.34. The third kappa shape index (κ3) is 7.25. The van der Waals surface area contributed by atoms with Crippen molar-refractivity contribution in [1.82, 2.24) is 19.9 Å². The molecular weight excluding hydrogens is 937 g/mol. The molecule has 0 bridgehead atoms. The van der Waals surface area contributed by atoms with Crippen molar-refractivity contribution >= 4 is 55.8 Å². The molecule has 4 aromatic rings. The largest absolute Gasteiger partial charge is 0.479 e. The number of nitrogens with zero attached hydrogens (tertiary/aromatic N) is 4. The molecule has 3 atom stereocenters. The summed E-state index contributed by atoms with van der Waals surface area (Å²) in [6, 6.07) is 4.47. The number of benzene rings is 2. The number of nitrogen functional groups attached to an aromatic ring is 1. The number of nitrogens with two attached hydrogens (primary N) is 1. The minimum Gasteiger partial charge on any atom is -0.479 e. The fourth-order valence-corrected chi connectivity index (χ4v) is 6.75. The first-order chi connectivity index (χ1) is 21.6. The average molecular weight is 968 g/mol. The Hall–Kier alpha value is -2.65. The number of nitrogens with one attached hydrogen (secondary N) is 1. The number of alkyl halides is 2. The van der Waals surface area contributed by atoms with Crippen LogP contribution >= 0.6 is 22.6 Å². The molecule has 7 rings (SSSR count). The quantitative estimate of drug-likeness (QED) is 0.0278. The van der Waals surface area contributed by atoms with Crippen LogP contribution in [0.1, 0.15) is 37.7 Å². The molecule has 4 N–H and O–H groups in total. The summed E-state index contributed by atoms with van der Waals surface area (Å²) in [5.41, 5.74) is 5.41. The summed E-state index contributed by atoms with van der Waals surface area (Å²) >= 11 is 2.42. The van der Waals surface area contributed by atoms with Crippen LogP contribution in [0.15, 0.2) is 36.5 Å². The molecule has 3 aliphatic rings. The van der Waals surface area contributed by atoms with Gasteiger partial charge in [-0.05, 0) is 55.4 Å². The Morgan fingerprint density at radius 3 is 2.72 bits per heavy atom. The third-order valence-electron chi connectivity index (χ3n) is 8.19. The molecular formula is C33H30F4IN6OU-. The first-order valence-corrected chi connectivity index (χ1v) is 15.9. The Labute approximate surface area is 301 Å². The van der Waals surface area contributed by atoms with Gasteiger partial charge in [-0.1, -0.05) is 47.1 Å². The molecule has 2 aromatic heterocycles. The molecule has 7 nitrogen and oxygen atoms in total. The standard InChI is InChI=1S/C26H19F3IN5O.C7H11FN.U/c1-2-15-20-13(8-18(27)21(15)28)7-14(31)10-16(20)23-22(29)24-17(11-33-23)25(35-26(36)34-24)32-6-4-3-5-12-9-19(12)30;8-6-4-7-2-1-3-9(7)5-6;/h1,3,5,7-8,10-12,19H,4,6,9,31H2,(H2,32,34,35,36);6H,1-5H2;/q;-1;/b5-3-;;/t12-,19?;6-;/m11./s1. The number of hydrogen-bond donors (Lipinski definition) is 3. The van der Waals surface area contributed by atoms with Crippen molar-refractivity contribution in [3.8, 4) is 29.6 Å². The zero-order chi connectivity index (χ0) is 31.8. The number of allylic oxidation sites excluding steroid dienone is 1. The fraction of sp³-hybridized carbons (Fsp3) is 0.333. The Kier molecular flexibility index (Phi) is 11.0. The van der Waals surface area contributed by atoms with E-state index in [9.17, 15) is 18.3 Å². The summed E-state index contributed by atoms with van der Waals surface area (Å²) in [5.74, 6) is -0.286. The van der Waals surface area contributed by atoms with Gasteiger partial charge >= 0.3 is 6.01 Å². The summed E-state index contributed by atoms with van der Waals surface area (Å²) in [7, 11) is 0. The van der Waals surface area contributed by atoms with Gasteiger partial charge in [0, 0.05) is 64.4 Å². The summed E-state index contributed by atoms with van der Waals surface area (Å²) in [6.45, 7) is 2.28. The van der Waals surface area contributed by atoms with Crippen molar-refractivity contribution < 1.29 is 53.8 Å². The van der Waals surface area contributed by atoms with Crippen LogP contribution in [0.2, 0.25) is 0 Å². The molecule has 0 radical (unpaired) electrons. The van der Waals surface area contributed by atoms with Crippen molar-refractivity contribution in [2.75, 3.05) is 30.7 Å². The minimum atomic E-state index is -1.23. The normalized spacial score (nSPS) is 20.7. The van der Waals surface area contributed by atoms with Crippen molar-refractivity contribution in [2.24, 2.45) is 5.92 Å². The minimum absolute atomic E-state index is 0. The van der Waals surface area contributed by atoms with Gasteiger partial charge in [0.1, 0.15) is 17.0 Å². The number of aromatic hydroxyl groups is 1. The van der Waals surface area contributed by atoms with Gasteiger partial charge in [0.05, 0.1) is 17.1 Å². The molecule has 46 heavy (non-hydrogen) atoms. The number of rotatable bonds is 6. The maximum Gasteiger partial charge on any atom is 0.316 e. The Morgan fingerprint density at radius 2 is 2.00 bits per heavy atom. The number of aromatic nitrogens is 3. The van der Waals surface area contributed by atoms with Crippen LogP contribution in [0.25, 0.3) is 32.9 Å². The van der Waals surface area contributed by atoms with E-state index in [1.165, 1.54) is 37.2 Å². The first-order valence-electron chi connectivity index (χ1n) is 14.7. The Balaban J connectivity index is 0.000000356. The van der Waals surface area contributed by atoms with E-state index in [-0.39, 0.29) is 81.1 Å². The summed E-state index contributed by atoms with van der Waals surface area (Å²) in [5, 5.41) is 13.7. The van der Waals surface area contributed by atoms with Gasteiger partial charge in [-0.25, -0.2) is 23.6 Å². The van der Waals surface area contributed by atoms with Crippen molar-refractivity contribution in [3.05, 3.63) is 65.6 Å². The second kappa shape index (κ2) is 14.6. The molecule has 2 aliphatic heterocycles. The van der Waals surface area contributed by atoms with E-state index in [0.717, 1.165) is 25.5 Å². The van der Waals surface area contributed by atoms with E-state index in [1.807, 2.05) is 0 Å². The number of anilines is 2. The van der Waals surface area contributed by atoms with Crippen LogP contribution in [-0.2, 0) is 0 Å². The van der Waals surface area contributed by atoms with Crippen LogP contribution in [0, 0.1) is 72.9 Å². The van der Waals surface area contributed by atoms with E-state index in [4.69, 9.17) is 12.2 Å². The van der Waals surface area contributed by atoms with Gasteiger partial charge in [-0.15, -0.1) is 12.8 Å². The molecule has 2 saturated heterocycles. The van der Waals surface area contributed by atoms with Crippen LogP contribution in [-0.4, -0.2) is 54.7 Å². The number of hydrogen-bond acceptors (Lipinski definition) is 7. The molecule has 13 heteroatoms. The topological polar surface area (TPSA) is 100 Å². The van der Waals surface area contributed by atoms with Crippen molar-refractivity contribution in [3.63, 3.8) is 0 Å². The SMILES string of the molecule is C#Cc1c(F)c(F)cc2cc(N)cc(-c3ncc4c(NCC/C=C\[C@@H]5CC5I)nc(O)nc4c3F)c12.F[C@@H]1C[C-]2CCCN2C1.[U]. The maximum atomic E-state index is 15.8. The summed E-state index contributed by atoms with van der Waals surface area (Å²) in [6.07, 6.45) is 15.5. The van der Waals surface area contributed by atoms with Crippen molar-refractivity contribution in [2.45, 2.75) is 42.2 Å². The van der Waals surface area contributed by atoms with E-state index < -0.39 is 29.6 Å². The Morgan fingerprint density at radius 1 is 1.22 bits per heavy atom. The molecule has 0 spiro atoms. The van der Waals surface area contributed by atoms with Gasteiger partial charge < -0.3 is 21.1 Å². The van der Waals surface area contributed by atoms with Gasteiger partial charge in [0.25, 0.3) is 0 Å². The zero-order valence-corrected chi connectivity index (χ0v) is 31.0. The monoisotopic (exact) mass is 967 g/mol. The smallest absolute Gasteiger partial charge is 0.316 e. The fourth-order valence-electron chi connectivity index (χ4n) is 5.93. The van der Waals surface area contributed by atoms with E-state index in [0.29, 0.717) is 29.4 Å². The van der Waals surface area contributed by atoms with Crippen LogP contribution in [0.3, 0.4) is 0 Å². The van der Waals surface area contributed by atoms with Gasteiger partial charge in [-0.2, -0.15) is 16.4 Å². The molecule has 238 valence electrons. The summed E-state index contributed by atoms with van der Waals surface area (Å²) in [4.78, 5) is 14.3. The second-order valence-corrected chi connectivity index (χ2v) is 13.0.